The monoisotopic (exact) mass is 179 g/mol. The van der Waals surface area contributed by atoms with E-state index in [2.05, 4.69) is 9.59 Å². The van der Waals surface area contributed by atoms with Gasteiger partial charge in [-0.1, -0.05) is 4.49 Å². The third kappa shape index (κ3) is 2.47. The number of hydrogen-bond donors (Lipinski definition) is 1. The van der Waals surface area contributed by atoms with Crippen molar-refractivity contribution in [3.05, 3.63) is 11.1 Å². The minimum atomic E-state index is -2.85. The molecule has 0 saturated heterocycles. The fourth-order valence-corrected chi connectivity index (χ4v) is 1.05. The Morgan fingerprint density at radius 3 is 2.82 bits per heavy atom. The molecule has 0 spiro atoms. The van der Waals surface area contributed by atoms with Crippen LogP contribution < -0.4 is 5.73 Å². The maximum atomic E-state index is 12.5. The van der Waals surface area contributed by atoms with Gasteiger partial charge in [0.05, 0.1) is 18.7 Å². The summed E-state index contributed by atoms with van der Waals surface area (Å²) in [6, 6.07) is 0. The first kappa shape index (κ1) is 8.48. The van der Waals surface area contributed by atoms with Crippen LogP contribution in [0.2, 0.25) is 0 Å². The van der Waals surface area contributed by atoms with Crippen LogP contribution in [-0.2, 0) is 6.42 Å². The molecule has 0 aliphatic rings. The van der Waals surface area contributed by atoms with E-state index in [0.717, 1.165) is 11.5 Å². The lowest BCUT2D eigenvalue weighted by atomic mass is 10.2. The first-order chi connectivity index (χ1) is 5.14. The fourth-order valence-electron chi connectivity index (χ4n) is 0.598. The Balaban J connectivity index is 2.56. The number of alkyl halides is 2. The molecule has 2 N–H and O–H groups in total. The standard InChI is InChI=1S/C5H7F2N3S/c6-5(7,3-8)1-4-2-11-10-9-4/h2H,1,3,8H2. The Hall–Kier alpha value is -0.620. The number of nitrogens with two attached hydrogens (primary N) is 1. The molecule has 0 aliphatic heterocycles. The van der Waals surface area contributed by atoms with Gasteiger partial charge in [0.25, 0.3) is 5.92 Å². The summed E-state index contributed by atoms with van der Waals surface area (Å²) < 4.78 is 28.5. The van der Waals surface area contributed by atoms with Crippen molar-refractivity contribution in [1.29, 1.82) is 0 Å². The van der Waals surface area contributed by atoms with E-state index in [9.17, 15) is 8.78 Å². The van der Waals surface area contributed by atoms with Crippen molar-refractivity contribution < 1.29 is 8.78 Å². The van der Waals surface area contributed by atoms with Crippen LogP contribution in [0, 0.1) is 0 Å². The van der Waals surface area contributed by atoms with Gasteiger partial charge in [0, 0.05) is 5.38 Å². The summed E-state index contributed by atoms with van der Waals surface area (Å²) in [6.07, 6.45) is -0.417. The minimum absolute atomic E-state index is 0.297. The predicted octanol–water partition coefficient (Wildman–Crippen LogP) is 0.675. The second-order valence-corrected chi connectivity index (χ2v) is 2.74. The van der Waals surface area contributed by atoms with Gasteiger partial charge in [-0.15, -0.1) is 5.10 Å². The molecule has 0 aliphatic carbocycles. The van der Waals surface area contributed by atoms with Crippen LogP contribution in [0.5, 0.6) is 0 Å². The van der Waals surface area contributed by atoms with E-state index in [1.54, 1.807) is 0 Å². The summed E-state index contributed by atoms with van der Waals surface area (Å²) in [7, 11) is 0. The molecule has 0 radical (unpaired) electrons. The van der Waals surface area contributed by atoms with Crippen molar-refractivity contribution in [1.82, 2.24) is 9.59 Å². The van der Waals surface area contributed by atoms with Crippen LogP contribution in [-0.4, -0.2) is 22.1 Å². The van der Waals surface area contributed by atoms with E-state index >= 15 is 0 Å². The van der Waals surface area contributed by atoms with Crippen molar-refractivity contribution in [2.75, 3.05) is 6.54 Å². The Kier molecular flexibility index (Phi) is 2.45. The van der Waals surface area contributed by atoms with Gasteiger partial charge in [0.1, 0.15) is 0 Å². The van der Waals surface area contributed by atoms with Gasteiger partial charge in [0.2, 0.25) is 0 Å². The molecule has 0 aromatic carbocycles. The second-order valence-electron chi connectivity index (χ2n) is 2.13. The third-order valence-electron chi connectivity index (χ3n) is 1.14. The van der Waals surface area contributed by atoms with Crippen molar-refractivity contribution in [3.8, 4) is 0 Å². The number of hydrogen-bond acceptors (Lipinski definition) is 4. The van der Waals surface area contributed by atoms with Crippen LogP contribution in [0.25, 0.3) is 0 Å². The van der Waals surface area contributed by atoms with Gasteiger partial charge in [-0.25, -0.2) is 8.78 Å². The van der Waals surface area contributed by atoms with Crippen LogP contribution in [0.15, 0.2) is 5.38 Å². The summed E-state index contributed by atoms with van der Waals surface area (Å²) in [6.45, 7) is -0.648. The Bertz CT molecular complexity index is 212. The molecular formula is C5H7F2N3S. The normalized spacial score (nSPS) is 11.9. The van der Waals surface area contributed by atoms with Gasteiger partial charge in [0.15, 0.2) is 0 Å². The summed E-state index contributed by atoms with van der Waals surface area (Å²) in [5.74, 6) is -2.85. The molecule has 0 saturated carbocycles. The third-order valence-corrected chi connectivity index (χ3v) is 1.70. The van der Waals surface area contributed by atoms with E-state index in [1.807, 2.05) is 0 Å². The first-order valence-corrected chi connectivity index (χ1v) is 3.81. The number of nitrogens with zero attached hydrogens (tertiary/aromatic N) is 2. The van der Waals surface area contributed by atoms with Crippen molar-refractivity contribution in [2.45, 2.75) is 12.3 Å². The maximum absolute atomic E-state index is 12.5. The zero-order valence-corrected chi connectivity index (χ0v) is 6.44. The highest BCUT2D eigenvalue weighted by molar-refractivity contribution is 7.03. The van der Waals surface area contributed by atoms with Crippen molar-refractivity contribution in [2.24, 2.45) is 5.73 Å². The van der Waals surface area contributed by atoms with E-state index in [-0.39, 0.29) is 0 Å². The molecule has 1 aromatic heterocycles. The highest BCUT2D eigenvalue weighted by Crippen LogP contribution is 2.17. The molecule has 6 heteroatoms. The zero-order chi connectivity index (χ0) is 8.32. The molecule has 1 aromatic rings. The smallest absolute Gasteiger partial charge is 0.265 e. The molecule has 0 fully saturated rings. The maximum Gasteiger partial charge on any atom is 0.265 e. The van der Waals surface area contributed by atoms with Gasteiger partial charge >= 0.3 is 0 Å². The van der Waals surface area contributed by atoms with E-state index in [4.69, 9.17) is 5.73 Å². The Morgan fingerprint density at radius 1 is 1.64 bits per heavy atom. The topological polar surface area (TPSA) is 51.8 Å². The average Bonchev–Trinajstić information content (AvgIpc) is 2.39. The SMILES string of the molecule is NCC(F)(F)Cc1csnn1. The quantitative estimate of drug-likeness (QED) is 0.742. The zero-order valence-electron chi connectivity index (χ0n) is 5.63. The van der Waals surface area contributed by atoms with Gasteiger partial charge in [-0.05, 0) is 11.5 Å². The highest BCUT2D eigenvalue weighted by Gasteiger charge is 2.28. The summed E-state index contributed by atoms with van der Waals surface area (Å²) in [5.41, 5.74) is 5.12. The molecule has 0 atom stereocenters. The van der Waals surface area contributed by atoms with Crippen molar-refractivity contribution in [3.63, 3.8) is 0 Å². The lowest BCUT2D eigenvalue weighted by Crippen LogP contribution is -2.30. The lowest BCUT2D eigenvalue weighted by Gasteiger charge is -2.10. The van der Waals surface area contributed by atoms with Gasteiger partial charge < -0.3 is 5.73 Å². The Morgan fingerprint density at radius 2 is 2.36 bits per heavy atom. The van der Waals surface area contributed by atoms with Crippen LogP contribution in [0.1, 0.15) is 5.69 Å². The number of rotatable bonds is 3. The fraction of sp³-hybridized carbons (Fsp3) is 0.600. The number of aromatic nitrogens is 2. The highest BCUT2D eigenvalue weighted by atomic mass is 32.1. The van der Waals surface area contributed by atoms with Crippen molar-refractivity contribution >= 4 is 11.5 Å². The molecule has 0 unspecified atom stereocenters. The van der Waals surface area contributed by atoms with Gasteiger partial charge in [-0.2, -0.15) is 0 Å². The van der Waals surface area contributed by atoms with Crippen LogP contribution in [0.4, 0.5) is 8.78 Å². The van der Waals surface area contributed by atoms with Gasteiger partial charge in [-0.3, -0.25) is 0 Å². The molecule has 1 rings (SSSR count). The predicted molar refractivity (Wildman–Crippen MR) is 37.6 cm³/mol. The molecule has 62 valence electrons. The summed E-state index contributed by atoms with van der Waals surface area (Å²) >= 11 is 1.06. The summed E-state index contributed by atoms with van der Waals surface area (Å²) in [5, 5.41) is 4.97. The first-order valence-electron chi connectivity index (χ1n) is 2.98. The number of halogens is 2. The molecule has 0 bridgehead atoms. The minimum Gasteiger partial charge on any atom is -0.325 e. The van der Waals surface area contributed by atoms with E-state index in [0.29, 0.717) is 5.69 Å². The van der Waals surface area contributed by atoms with E-state index in [1.165, 1.54) is 5.38 Å². The molecular weight excluding hydrogens is 172 g/mol. The lowest BCUT2D eigenvalue weighted by molar-refractivity contribution is 0.0105. The largest absolute Gasteiger partial charge is 0.325 e. The molecule has 11 heavy (non-hydrogen) atoms. The average molecular weight is 179 g/mol. The van der Waals surface area contributed by atoms with Crippen LogP contribution >= 0.6 is 11.5 Å². The van der Waals surface area contributed by atoms with E-state index < -0.39 is 18.9 Å². The van der Waals surface area contributed by atoms with Crippen LogP contribution in [0.3, 0.4) is 0 Å². The molecule has 0 amide bonds. The molecule has 3 nitrogen and oxygen atoms in total. The Labute approximate surface area is 66.4 Å². The summed E-state index contributed by atoms with van der Waals surface area (Å²) in [4.78, 5) is 0. The second kappa shape index (κ2) is 3.19. The molecule has 1 heterocycles.